The lowest BCUT2D eigenvalue weighted by atomic mass is 9.83. The fourth-order valence-electron chi connectivity index (χ4n) is 3.83. The van der Waals surface area contributed by atoms with E-state index in [2.05, 4.69) is 5.92 Å². The van der Waals surface area contributed by atoms with Gasteiger partial charge in [0.15, 0.2) is 0 Å². The summed E-state index contributed by atoms with van der Waals surface area (Å²) >= 11 is 0. The molecule has 1 heterocycles. The number of imide groups is 1. The molecule has 1 saturated heterocycles. The molecule has 3 rings (SSSR count). The lowest BCUT2D eigenvalue weighted by Gasteiger charge is -2.30. The first kappa shape index (κ1) is 17.5. The number of benzene rings is 1. The normalized spacial score (nSPS) is 23.1. The zero-order chi connectivity index (χ0) is 17.9. The molecule has 5 nitrogen and oxygen atoms in total. The minimum atomic E-state index is -1.49. The van der Waals surface area contributed by atoms with Gasteiger partial charge in [-0.1, -0.05) is 49.1 Å². The predicted octanol–water partition coefficient (Wildman–Crippen LogP) is 2.52. The van der Waals surface area contributed by atoms with Gasteiger partial charge in [-0.3, -0.25) is 4.79 Å². The van der Waals surface area contributed by atoms with Crippen molar-refractivity contribution in [3.05, 3.63) is 35.9 Å². The molecule has 2 atom stereocenters. The van der Waals surface area contributed by atoms with Crippen molar-refractivity contribution in [1.82, 2.24) is 4.90 Å². The summed E-state index contributed by atoms with van der Waals surface area (Å²) in [7, 11) is 0. The van der Waals surface area contributed by atoms with Crippen molar-refractivity contribution in [2.75, 3.05) is 6.61 Å². The van der Waals surface area contributed by atoms with Crippen LogP contribution in [0.2, 0.25) is 0 Å². The molecule has 0 bridgehead atoms. The highest BCUT2D eigenvalue weighted by atomic mass is 16.6. The van der Waals surface area contributed by atoms with E-state index in [1.54, 1.807) is 0 Å². The number of nitrogens with zero attached hydrogens (tertiary/aromatic N) is 1. The van der Waals surface area contributed by atoms with Crippen molar-refractivity contribution in [1.29, 1.82) is 0 Å². The molecule has 0 spiro atoms. The van der Waals surface area contributed by atoms with Gasteiger partial charge in [0.1, 0.15) is 12.2 Å². The SMILES string of the molecule is C#C[C@@](O)(CC(=O)N1C(=O)OCC1Cc1ccccc1)C1CCCC1. The van der Waals surface area contributed by atoms with Crippen LogP contribution in [-0.2, 0) is 16.0 Å². The van der Waals surface area contributed by atoms with Crippen molar-refractivity contribution in [3.8, 4) is 12.3 Å². The van der Waals surface area contributed by atoms with Crippen LogP contribution >= 0.6 is 0 Å². The third kappa shape index (κ3) is 3.69. The largest absolute Gasteiger partial charge is 0.447 e. The molecule has 1 unspecified atom stereocenters. The van der Waals surface area contributed by atoms with Gasteiger partial charge in [-0.15, -0.1) is 6.42 Å². The van der Waals surface area contributed by atoms with Gasteiger partial charge in [-0.2, -0.15) is 0 Å². The van der Waals surface area contributed by atoms with Gasteiger partial charge in [0.2, 0.25) is 5.91 Å². The van der Waals surface area contributed by atoms with Crippen molar-refractivity contribution >= 4 is 12.0 Å². The average molecular weight is 341 g/mol. The molecule has 1 aromatic carbocycles. The molecule has 2 fully saturated rings. The zero-order valence-corrected chi connectivity index (χ0v) is 14.2. The van der Waals surface area contributed by atoms with E-state index in [0.717, 1.165) is 36.1 Å². The Kier molecular flexibility index (Phi) is 5.10. The number of amides is 2. The Bertz CT molecular complexity index is 675. The molecular formula is C20H23NO4. The maximum Gasteiger partial charge on any atom is 0.416 e. The minimum absolute atomic E-state index is 0.0901. The lowest BCUT2D eigenvalue weighted by molar-refractivity contribution is -0.134. The highest BCUT2D eigenvalue weighted by Crippen LogP contribution is 2.36. The summed E-state index contributed by atoms with van der Waals surface area (Å²) in [4.78, 5) is 25.9. The molecule has 5 heteroatoms. The van der Waals surface area contributed by atoms with Gasteiger partial charge >= 0.3 is 6.09 Å². The van der Waals surface area contributed by atoms with Gasteiger partial charge in [0.25, 0.3) is 0 Å². The number of cyclic esters (lactones) is 1. The van der Waals surface area contributed by atoms with Gasteiger partial charge in [0.05, 0.1) is 12.5 Å². The fraction of sp³-hybridized carbons (Fsp3) is 0.500. The minimum Gasteiger partial charge on any atom is -0.447 e. The van der Waals surface area contributed by atoms with Crippen LogP contribution in [0.5, 0.6) is 0 Å². The summed E-state index contributed by atoms with van der Waals surface area (Å²) in [5.41, 5.74) is -0.472. The molecule has 2 amide bonds. The number of hydrogen-bond acceptors (Lipinski definition) is 4. The van der Waals surface area contributed by atoms with E-state index in [4.69, 9.17) is 11.2 Å². The third-order valence-corrected chi connectivity index (χ3v) is 5.25. The summed E-state index contributed by atoms with van der Waals surface area (Å²) in [6.07, 6.45) is 8.80. The Labute approximate surface area is 148 Å². The molecule has 1 aromatic rings. The second-order valence-corrected chi connectivity index (χ2v) is 6.91. The number of carbonyl (C=O) groups is 2. The van der Waals surface area contributed by atoms with E-state index in [1.165, 1.54) is 0 Å². The molecule has 1 saturated carbocycles. The van der Waals surface area contributed by atoms with Crippen molar-refractivity contribution in [2.45, 2.75) is 50.2 Å². The monoisotopic (exact) mass is 341 g/mol. The van der Waals surface area contributed by atoms with Gasteiger partial charge in [0, 0.05) is 0 Å². The first-order valence-electron chi connectivity index (χ1n) is 8.76. The van der Waals surface area contributed by atoms with Crippen molar-refractivity contribution in [3.63, 3.8) is 0 Å². The lowest BCUT2D eigenvalue weighted by Crippen LogP contribution is -2.46. The highest BCUT2D eigenvalue weighted by molar-refractivity contribution is 5.94. The van der Waals surface area contributed by atoms with Gasteiger partial charge < -0.3 is 9.84 Å². The quantitative estimate of drug-likeness (QED) is 0.836. The first-order valence-corrected chi connectivity index (χ1v) is 8.76. The van der Waals surface area contributed by atoms with Crippen molar-refractivity contribution in [2.24, 2.45) is 5.92 Å². The van der Waals surface area contributed by atoms with Crippen LogP contribution in [0.3, 0.4) is 0 Å². The van der Waals surface area contributed by atoms with E-state index < -0.39 is 17.6 Å². The molecule has 1 aliphatic heterocycles. The standard InChI is InChI=1S/C20H23NO4/c1-2-20(24,16-10-6-7-11-16)13-18(22)21-17(14-25-19(21)23)12-15-8-4-3-5-9-15/h1,3-5,8-9,16-17,24H,6-7,10-14H2/t17?,20-/m1/s1. The molecule has 1 N–H and O–H groups in total. The Hall–Kier alpha value is -2.32. The van der Waals surface area contributed by atoms with Gasteiger partial charge in [-0.05, 0) is 30.7 Å². The summed E-state index contributed by atoms with van der Waals surface area (Å²) < 4.78 is 5.08. The van der Waals surface area contributed by atoms with E-state index in [1.807, 2.05) is 30.3 Å². The van der Waals surface area contributed by atoms with Crippen LogP contribution in [0.4, 0.5) is 4.79 Å². The Morgan fingerprint density at radius 3 is 2.64 bits per heavy atom. The number of aliphatic hydroxyl groups is 1. The van der Waals surface area contributed by atoms with Crippen LogP contribution in [0.15, 0.2) is 30.3 Å². The fourth-order valence-corrected chi connectivity index (χ4v) is 3.83. The van der Waals surface area contributed by atoms with E-state index >= 15 is 0 Å². The smallest absolute Gasteiger partial charge is 0.416 e. The third-order valence-electron chi connectivity index (χ3n) is 5.25. The second-order valence-electron chi connectivity index (χ2n) is 6.91. The van der Waals surface area contributed by atoms with Crippen LogP contribution in [0, 0.1) is 18.3 Å². The highest BCUT2D eigenvalue weighted by Gasteiger charge is 2.44. The molecule has 0 radical (unpaired) electrons. The maximum atomic E-state index is 12.8. The summed E-state index contributed by atoms with van der Waals surface area (Å²) in [6.45, 7) is 0.164. The van der Waals surface area contributed by atoms with E-state index in [-0.39, 0.29) is 25.0 Å². The predicted molar refractivity (Wildman–Crippen MR) is 92.5 cm³/mol. The number of ether oxygens (including phenoxy) is 1. The van der Waals surface area contributed by atoms with Crippen LogP contribution in [-0.4, -0.2) is 40.3 Å². The Morgan fingerprint density at radius 1 is 1.32 bits per heavy atom. The number of hydrogen-bond donors (Lipinski definition) is 1. The molecular weight excluding hydrogens is 318 g/mol. The topological polar surface area (TPSA) is 66.8 Å². The molecule has 25 heavy (non-hydrogen) atoms. The number of carbonyl (C=O) groups excluding carboxylic acids is 2. The van der Waals surface area contributed by atoms with E-state index in [9.17, 15) is 14.7 Å². The van der Waals surface area contributed by atoms with Crippen molar-refractivity contribution < 1.29 is 19.4 Å². The van der Waals surface area contributed by atoms with Crippen LogP contribution in [0.1, 0.15) is 37.7 Å². The maximum absolute atomic E-state index is 12.8. The summed E-state index contributed by atoms with van der Waals surface area (Å²) in [5, 5.41) is 10.8. The van der Waals surface area contributed by atoms with E-state index in [0.29, 0.717) is 6.42 Å². The Balaban J connectivity index is 1.72. The molecule has 1 aliphatic carbocycles. The first-order chi connectivity index (χ1) is 12.0. The van der Waals surface area contributed by atoms with Gasteiger partial charge in [-0.25, -0.2) is 9.69 Å². The number of rotatable bonds is 5. The van der Waals surface area contributed by atoms with Crippen LogP contribution < -0.4 is 0 Å². The van der Waals surface area contributed by atoms with Crippen LogP contribution in [0.25, 0.3) is 0 Å². The average Bonchev–Trinajstić information content (AvgIpc) is 3.26. The zero-order valence-electron chi connectivity index (χ0n) is 14.2. The molecule has 0 aromatic heterocycles. The molecule has 2 aliphatic rings. The second kappa shape index (κ2) is 7.28. The summed E-state index contributed by atoms with van der Waals surface area (Å²) in [6, 6.07) is 9.26. The Morgan fingerprint density at radius 2 is 2.00 bits per heavy atom. The number of terminal acetylenes is 1. The summed E-state index contributed by atoms with van der Waals surface area (Å²) in [5.74, 6) is 1.86. The molecule has 132 valence electrons.